The molecule has 1 aromatic carbocycles. The van der Waals surface area contributed by atoms with Crippen molar-refractivity contribution in [2.75, 3.05) is 0 Å². The number of hydrogen-bond acceptors (Lipinski definition) is 5. The molecule has 0 atom stereocenters. The van der Waals surface area contributed by atoms with Crippen LogP contribution in [0.4, 0.5) is 5.69 Å². The number of nitro groups is 1. The molecule has 1 aromatic heterocycles. The van der Waals surface area contributed by atoms with E-state index in [1.54, 1.807) is 18.2 Å². The molecule has 19 heavy (non-hydrogen) atoms. The molecule has 0 radical (unpaired) electrons. The van der Waals surface area contributed by atoms with Crippen molar-refractivity contribution in [1.82, 2.24) is 4.98 Å². The zero-order valence-corrected chi connectivity index (χ0v) is 11.0. The average molecular weight is 320 g/mol. The predicted octanol–water partition coefficient (Wildman–Crippen LogP) is 3.42. The Hall–Kier alpha value is -2.46. The van der Waals surface area contributed by atoms with Crippen LogP contribution in [0.2, 0.25) is 0 Å². The van der Waals surface area contributed by atoms with Crippen molar-refractivity contribution in [2.45, 2.75) is 0 Å². The summed E-state index contributed by atoms with van der Waals surface area (Å²) in [6, 6.07) is 9.48. The molecule has 1 heterocycles. The van der Waals surface area contributed by atoms with Gasteiger partial charge in [-0.1, -0.05) is 6.07 Å². The molecular formula is C12H6BrN3O3. The highest BCUT2D eigenvalue weighted by Gasteiger charge is 2.17. The number of nitrogens with zero attached hydrogens (tertiary/aromatic N) is 3. The van der Waals surface area contributed by atoms with Gasteiger partial charge in [-0.25, -0.2) is 4.98 Å². The minimum Gasteiger partial charge on any atom is -0.453 e. The first-order valence-electron chi connectivity index (χ1n) is 5.09. The lowest BCUT2D eigenvalue weighted by Gasteiger charge is -2.08. The molecule has 2 rings (SSSR count). The fraction of sp³-hybridized carbons (Fsp3) is 0. The van der Waals surface area contributed by atoms with E-state index in [2.05, 4.69) is 20.9 Å². The fourth-order valence-corrected chi connectivity index (χ4v) is 1.88. The minimum absolute atomic E-state index is 0.111. The Kier molecular flexibility index (Phi) is 3.73. The predicted molar refractivity (Wildman–Crippen MR) is 69.8 cm³/mol. The van der Waals surface area contributed by atoms with Crippen molar-refractivity contribution in [3.63, 3.8) is 0 Å². The van der Waals surface area contributed by atoms with Gasteiger partial charge in [-0.2, -0.15) is 5.26 Å². The second kappa shape index (κ2) is 5.46. The van der Waals surface area contributed by atoms with Crippen molar-refractivity contribution in [3.05, 3.63) is 56.8 Å². The quantitative estimate of drug-likeness (QED) is 0.638. The Morgan fingerprint density at radius 3 is 2.74 bits per heavy atom. The van der Waals surface area contributed by atoms with E-state index in [1.807, 2.05) is 6.07 Å². The third-order valence-electron chi connectivity index (χ3n) is 2.24. The molecule has 6 nitrogen and oxygen atoms in total. The molecule has 0 amide bonds. The lowest BCUT2D eigenvalue weighted by atomic mass is 10.3. The van der Waals surface area contributed by atoms with Crippen LogP contribution >= 0.6 is 15.9 Å². The molecule has 0 aliphatic carbocycles. The number of hydrogen-bond donors (Lipinski definition) is 0. The van der Waals surface area contributed by atoms with Crippen LogP contribution in [-0.2, 0) is 0 Å². The third-order valence-corrected chi connectivity index (χ3v) is 3.03. The van der Waals surface area contributed by atoms with E-state index in [1.165, 1.54) is 18.3 Å². The number of rotatable bonds is 3. The molecule has 0 spiro atoms. The first-order valence-corrected chi connectivity index (χ1v) is 5.88. The number of pyridine rings is 1. The smallest absolute Gasteiger partial charge is 0.287 e. The van der Waals surface area contributed by atoms with Gasteiger partial charge in [0, 0.05) is 12.3 Å². The summed E-state index contributed by atoms with van der Waals surface area (Å²) in [5, 5.41) is 19.7. The van der Waals surface area contributed by atoms with E-state index in [0.29, 0.717) is 0 Å². The fourth-order valence-electron chi connectivity index (χ4n) is 1.39. The monoisotopic (exact) mass is 319 g/mol. The highest BCUT2D eigenvalue weighted by molar-refractivity contribution is 9.10. The van der Waals surface area contributed by atoms with Crippen LogP contribution < -0.4 is 4.74 Å². The van der Waals surface area contributed by atoms with E-state index in [-0.39, 0.29) is 27.4 Å². The van der Waals surface area contributed by atoms with Crippen molar-refractivity contribution < 1.29 is 9.66 Å². The van der Waals surface area contributed by atoms with Crippen molar-refractivity contribution in [1.29, 1.82) is 5.26 Å². The van der Waals surface area contributed by atoms with Crippen LogP contribution in [0, 0.1) is 21.4 Å². The van der Waals surface area contributed by atoms with Gasteiger partial charge in [0.2, 0.25) is 0 Å². The number of ether oxygens (including phenoxy) is 1. The summed E-state index contributed by atoms with van der Waals surface area (Å²) in [4.78, 5) is 14.1. The molecule has 0 unspecified atom stereocenters. The van der Waals surface area contributed by atoms with Crippen LogP contribution in [0.3, 0.4) is 0 Å². The zero-order valence-electron chi connectivity index (χ0n) is 9.41. The third kappa shape index (κ3) is 2.69. The maximum atomic E-state index is 10.8. The molecule has 7 heteroatoms. The zero-order chi connectivity index (χ0) is 13.8. The highest BCUT2D eigenvalue weighted by atomic mass is 79.9. The lowest BCUT2D eigenvalue weighted by Crippen LogP contribution is -1.94. The van der Waals surface area contributed by atoms with E-state index in [4.69, 9.17) is 10.00 Å². The van der Waals surface area contributed by atoms with Gasteiger partial charge < -0.3 is 4.74 Å². The van der Waals surface area contributed by atoms with E-state index in [0.717, 1.165) is 0 Å². The summed E-state index contributed by atoms with van der Waals surface area (Å²) in [6.45, 7) is 0. The number of nitriles is 1. The van der Waals surface area contributed by atoms with Gasteiger partial charge in [0.1, 0.15) is 16.3 Å². The van der Waals surface area contributed by atoms with Crippen LogP contribution in [0.15, 0.2) is 41.0 Å². The van der Waals surface area contributed by atoms with Crippen molar-refractivity contribution in [3.8, 4) is 17.6 Å². The second-order valence-corrected chi connectivity index (χ2v) is 4.20. The number of aromatic nitrogens is 1. The summed E-state index contributed by atoms with van der Waals surface area (Å²) < 4.78 is 5.70. The SMILES string of the molecule is N#Cc1ncccc1Oc1cccc([N+](=O)[O-])c1Br. The molecular weight excluding hydrogens is 314 g/mol. The molecule has 0 bridgehead atoms. The summed E-state index contributed by atoms with van der Waals surface area (Å²) in [7, 11) is 0. The van der Waals surface area contributed by atoms with Crippen molar-refractivity contribution >= 4 is 21.6 Å². The summed E-state index contributed by atoms with van der Waals surface area (Å²) in [6.07, 6.45) is 1.47. The highest BCUT2D eigenvalue weighted by Crippen LogP contribution is 2.36. The molecule has 2 aromatic rings. The lowest BCUT2D eigenvalue weighted by molar-refractivity contribution is -0.385. The minimum atomic E-state index is -0.522. The molecule has 94 valence electrons. The van der Waals surface area contributed by atoms with Crippen LogP contribution in [0.1, 0.15) is 5.69 Å². The molecule has 0 aliphatic rings. The standard InChI is InChI=1S/C12H6BrN3O3/c13-12-9(16(17)18)3-1-4-11(12)19-10-5-2-6-15-8(10)7-14/h1-6H. The average Bonchev–Trinajstić information content (AvgIpc) is 2.41. The summed E-state index contributed by atoms with van der Waals surface area (Å²) >= 11 is 3.12. The number of nitro benzene ring substituents is 1. The van der Waals surface area contributed by atoms with Gasteiger partial charge in [0.15, 0.2) is 11.4 Å². The maximum absolute atomic E-state index is 10.8. The molecule has 0 fully saturated rings. The Labute approximate surface area is 116 Å². The first kappa shape index (κ1) is 13.0. The van der Waals surface area contributed by atoms with Gasteiger partial charge >= 0.3 is 0 Å². The van der Waals surface area contributed by atoms with E-state index >= 15 is 0 Å². The normalized spacial score (nSPS) is 9.68. The van der Waals surface area contributed by atoms with Gasteiger partial charge in [-0.15, -0.1) is 0 Å². The largest absolute Gasteiger partial charge is 0.453 e. The van der Waals surface area contributed by atoms with Gasteiger partial charge in [-0.3, -0.25) is 10.1 Å². The Balaban J connectivity index is 2.42. The Morgan fingerprint density at radius 2 is 2.05 bits per heavy atom. The summed E-state index contributed by atoms with van der Waals surface area (Å²) in [5.41, 5.74) is 0.000745. The van der Waals surface area contributed by atoms with Crippen LogP contribution in [0.25, 0.3) is 0 Å². The number of halogens is 1. The van der Waals surface area contributed by atoms with E-state index in [9.17, 15) is 10.1 Å². The Morgan fingerprint density at radius 1 is 1.32 bits per heavy atom. The van der Waals surface area contributed by atoms with E-state index < -0.39 is 4.92 Å². The topological polar surface area (TPSA) is 89.0 Å². The summed E-state index contributed by atoms with van der Waals surface area (Å²) in [5.74, 6) is 0.491. The molecule has 0 saturated heterocycles. The molecule has 0 aliphatic heterocycles. The van der Waals surface area contributed by atoms with Gasteiger partial charge in [0.25, 0.3) is 5.69 Å². The van der Waals surface area contributed by atoms with Crippen LogP contribution in [-0.4, -0.2) is 9.91 Å². The maximum Gasteiger partial charge on any atom is 0.287 e. The first-order chi connectivity index (χ1) is 9.13. The van der Waals surface area contributed by atoms with Gasteiger partial charge in [-0.05, 0) is 34.1 Å². The second-order valence-electron chi connectivity index (χ2n) is 3.41. The number of benzene rings is 1. The van der Waals surface area contributed by atoms with Crippen molar-refractivity contribution in [2.24, 2.45) is 0 Å². The molecule has 0 N–H and O–H groups in total. The Bertz CT molecular complexity index is 682. The molecule has 0 saturated carbocycles. The van der Waals surface area contributed by atoms with Gasteiger partial charge in [0.05, 0.1) is 4.92 Å². The van der Waals surface area contributed by atoms with Crippen LogP contribution in [0.5, 0.6) is 11.5 Å².